The van der Waals surface area contributed by atoms with E-state index in [2.05, 4.69) is 66.8 Å². The molecule has 0 spiro atoms. The number of hydrogen-bond donors (Lipinski definition) is 1. The van der Waals surface area contributed by atoms with Gasteiger partial charge in [0.25, 0.3) is 0 Å². The molecule has 0 saturated carbocycles. The van der Waals surface area contributed by atoms with Gasteiger partial charge in [-0.15, -0.1) is 11.3 Å². The number of benzene rings is 3. The zero-order valence-electron chi connectivity index (χ0n) is 18.2. The van der Waals surface area contributed by atoms with Gasteiger partial charge in [0.1, 0.15) is 0 Å². The second kappa shape index (κ2) is 9.88. The van der Waals surface area contributed by atoms with E-state index < -0.39 is 0 Å². The average Bonchev–Trinajstić information content (AvgIpc) is 3.12. The highest BCUT2D eigenvalue weighted by molar-refractivity contribution is 7.11. The maximum Gasteiger partial charge on any atom is 0.229 e. The number of rotatable bonds is 8. The summed E-state index contributed by atoms with van der Waals surface area (Å²) in [7, 11) is 0. The van der Waals surface area contributed by atoms with Crippen LogP contribution in [0.25, 0.3) is 10.8 Å². The monoisotopic (exact) mass is 428 g/mol. The minimum atomic E-state index is 0.00442. The second-order valence-corrected chi connectivity index (χ2v) is 9.12. The van der Waals surface area contributed by atoms with Crippen molar-refractivity contribution in [2.45, 2.75) is 46.0 Å². The fourth-order valence-electron chi connectivity index (χ4n) is 3.82. The normalized spacial score (nSPS) is 11.0. The van der Waals surface area contributed by atoms with Crippen molar-refractivity contribution in [3.63, 3.8) is 0 Å². The lowest BCUT2D eigenvalue weighted by molar-refractivity contribution is -0.115. The Morgan fingerprint density at radius 2 is 1.77 bits per heavy atom. The first-order valence-corrected chi connectivity index (χ1v) is 11.7. The molecule has 1 aromatic heterocycles. The number of hydrogen-bond acceptors (Lipinski definition) is 3. The number of aryl methyl sites for hydroxylation is 2. The first-order chi connectivity index (χ1) is 15.1. The molecule has 0 aliphatic rings. The van der Waals surface area contributed by atoms with Gasteiger partial charge in [-0.2, -0.15) is 0 Å². The van der Waals surface area contributed by atoms with Crippen LogP contribution in [0.4, 0.5) is 5.69 Å². The number of carbonyl (C=O) groups excluding carboxylic acids is 1. The van der Waals surface area contributed by atoms with Crippen molar-refractivity contribution in [1.82, 2.24) is 4.98 Å². The van der Waals surface area contributed by atoms with Gasteiger partial charge in [0.2, 0.25) is 5.91 Å². The van der Waals surface area contributed by atoms with Crippen molar-refractivity contribution in [2.75, 3.05) is 5.32 Å². The van der Waals surface area contributed by atoms with E-state index in [1.54, 1.807) is 11.3 Å². The Hall–Kier alpha value is -2.98. The molecule has 0 aliphatic carbocycles. The summed E-state index contributed by atoms with van der Waals surface area (Å²) < 4.78 is 0. The molecule has 158 valence electrons. The van der Waals surface area contributed by atoms with E-state index in [1.807, 2.05) is 19.1 Å². The quantitative estimate of drug-likeness (QED) is 0.338. The third-order valence-electron chi connectivity index (χ3n) is 5.54. The number of aromatic nitrogens is 1. The first kappa shape index (κ1) is 21.3. The Morgan fingerprint density at radius 1 is 1.00 bits per heavy atom. The van der Waals surface area contributed by atoms with E-state index in [-0.39, 0.29) is 5.91 Å². The molecule has 1 heterocycles. The molecule has 0 atom stereocenters. The molecule has 4 aromatic rings. The third kappa shape index (κ3) is 5.39. The van der Waals surface area contributed by atoms with Gasteiger partial charge in [-0.3, -0.25) is 4.79 Å². The summed E-state index contributed by atoms with van der Waals surface area (Å²) in [5, 5.41) is 6.58. The van der Waals surface area contributed by atoms with Gasteiger partial charge in [0, 0.05) is 17.0 Å². The predicted octanol–water partition coefficient (Wildman–Crippen LogP) is 6.72. The van der Waals surface area contributed by atoms with Crippen LogP contribution in [0.5, 0.6) is 0 Å². The van der Waals surface area contributed by atoms with Crippen molar-refractivity contribution < 1.29 is 4.79 Å². The molecule has 0 unspecified atom stereocenters. The highest BCUT2D eigenvalue weighted by Crippen LogP contribution is 2.26. The smallest absolute Gasteiger partial charge is 0.229 e. The molecule has 1 N–H and O–H groups in total. The molecule has 31 heavy (non-hydrogen) atoms. The summed E-state index contributed by atoms with van der Waals surface area (Å²) in [5.74, 6) is 0.00442. The summed E-state index contributed by atoms with van der Waals surface area (Å²) in [6, 6.07) is 23.0. The Balaban J connectivity index is 1.41. The van der Waals surface area contributed by atoms with Crippen molar-refractivity contribution >= 4 is 33.7 Å². The molecule has 0 fully saturated rings. The lowest BCUT2D eigenvalue weighted by Crippen LogP contribution is -2.14. The summed E-state index contributed by atoms with van der Waals surface area (Å²) in [6.07, 6.45) is 4.61. The molecule has 0 aliphatic heterocycles. The van der Waals surface area contributed by atoms with Crippen LogP contribution in [0.2, 0.25) is 0 Å². The summed E-state index contributed by atoms with van der Waals surface area (Å²) in [5.41, 5.74) is 4.39. The topological polar surface area (TPSA) is 42.0 Å². The van der Waals surface area contributed by atoms with Gasteiger partial charge in [0.15, 0.2) is 0 Å². The van der Waals surface area contributed by atoms with Crippen LogP contribution in [0, 0.1) is 6.92 Å². The standard InChI is InChI=1S/C27H28N2OS/c1-3-4-8-20-13-15-23(16-14-20)29-26(30)18-25-19(2)28-27(31-25)17-22-11-7-10-21-9-5-6-12-24(21)22/h5-7,9-16H,3-4,8,17-18H2,1-2H3,(H,29,30). The Kier molecular flexibility index (Phi) is 6.78. The lowest BCUT2D eigenvalue weighted by Gasteiger charge is -2.06. The molecule has 4 heteroatoms. The summed E-state index contributed by atoms with van der Waals surface area (Å²) >= 11 is 1.64. The fourth-order valence-corrected chi connectivity index (χ4v) is 4.92. The van der Waals surface area contributed by atoms with Gasteiger partial charge in [0.05, 0.1) is 17.1 Å². The largest absolute Gasteiger partial charge is 0.326 e. The maximum atomic E-state index is 12.6. The number of anilines is 1. The van der Waals surface area contributed by atoms with Crippen molar-refractivity contribution in [3.05, 3.63) is 93.4 Å². The number of nitrogens with one attached hydrogen (secondary N) is 1. The average molecular weight is 429 g/mol. The first-order valence-electron chi connectivity index (χ1n) is 10.9. The number of thiazole rings is 1. The van der Waals surface area contributed by atoms with Crippen LogP contribution < -0.4 is 5.32 Å². The van der Waals surface area contributed by atoms with Gasteiger partial charge in [-0.1, -0.05) is 67.9 Å². The zero-order chi connectivity index (χ0) is 21.6. The van der Waals surface area contributed by atoms with E-state index in [9.17, 15) is 4.79 Å². The fraction of sp³-hybridized carbons (Fsp3) is 0.259. The molecule has 3 aromatic carbocycles. The zero-order valence-corrected chi connectivity index (χ0v) is 19.0. The highest BCUT2D eigenvalue weighted by Gasteiger charge is 2.13. The number of carbonyl (C=O) groups is 1. The van der Waals surface area contributed by atoms with Gasteiger partial charge >= 0.3 is 0 Å². The Morgan fingerprint density at radius 3 is 2.58 bits per heavy atom. The summed E-state index contributed by atoms with van der Waals surface area (Å²) in [6.45, 7) is 4.19. The van der Waals surface area contributed by atoms with Gasteiger partial charge in [-0.05, 0) is 53.8 Å². The second-order valence-electron chi connectivity index (χ2n) is 7.96. The lowest BCUT2D eigenvalue weighted by atomic mass is 10.0. The van der Waals surface area contributed by atoms with Crippen LogP contribution >= 0.6 is 11.3 Å². The highest BCUT2D eigenvalue weighted by atomic mass is 32.1. The van der Waals surface area contributed by atoms with E-state index in [1.165, 1.54) is 34.7 Å². The Labute approximate surface area is 188 Å². The molecule has 0 saturated heterocycles. The molecule has 4 rings (SSSR count). The van der Waals surface area contributed by atoms with E-state index in [0.717, 1.165) is 34.1 Å². The van der Waals surface area contributed by atoms with Crippen molar-refractivity contribution in [3.8, 4) is 0 Å². The molecular weight excluding hydrogens is 400 g/mol. The van der Waals surface area contributed by atoms with E-state index >= 15 is 0 Å². The minimum absolute atomic E-state index is 0.00442. The molecule has 1 amide bonds. The minimum Gasteiger partial charge on any atom is -0.326 e. The van der Waals surface area contributed by atoms with Crippen LogP contribution in [0.3, 0.4) is 0 Å². The third-order valence-corrected chi connectivity index (χ3v) is 6.69. The Bertz CT molecular complexity index is 1170. The van der Waals surface area contributed by atoms with Crippen LogP contribution in [0.15, 0.2) is 66.7 Å². The molecule has 3 nitrogen and oxygen atoms in total. The van der Waals surface area contributed by atoms with E-state index in [4.69, 9.17) is 4.98 Å². The SMILES string of the molecule is CCCCc1ccc(NC(=O)Cc2sc(Cc3cccc4ccccc34)nc2C)cc1. The number of fused-ring (bicyclic) bond motifs is 1. The van der Waals surface area contributed by atoms with Gasteiger partial charge in [-0.25, -0.2) is 4.98 Å². The number of nitrogens with zero attached hydrogens (tertiary/aromatic N) is 1. The van der Waals surface area contributed by atoms with Crippen LogP contribution in [-0.2, 0) is 24.1 Å². The van der Waals surface area contributed by atoms with Crippen molar-refractivity contribution in [1.29, 1.82) is 0 Å². The number of unbranched alkanes of at least 4 members (excludes halogenated alkanes) is 1. The summed E-state index contributed by atoms with van der Waals surface area (Å²) in [4.78, 5) is 18.4. The number of amides is 1. The predicted molar refractivity (Wildman–Crippen MR) is 131 cm³/mol. The van der Waals surface area contributed by atoms with Crippen LogP contribution in [-0.4, -0.2) is 10.9 Å². The molecule has 0 bridgehead atoms. The van der Waals surface area contributed by atoms with Gasteiger partial charge < -0.3 is 5.32 Å². The molecular formula is C27H28N2OS. The van der Waals surface area contributed by atoms with E-state index in [0.29, 0.717) is 6.42 Å². The molecule has 0 radical (unpaired) electrons. The van der Waals surface area contributed by atoms with Crippen molar-refractivity contribution in [2.24, 2.45) is 0 Å². The van der Waals surface area contributed by atoms with Crippen LogP contribution in [0.1, 0.15) is 46.5 Å². The maximum absolute atomic E-state index is 12.6.